The zero-order valence-electron chi connectivity index (χ0n) is 12.0. The summed E-state index contributed by atoms with van der Waals surface area (Å²) in [6.45, 7) is 1.09. The molecule has 0 radical (unpaired) electrons. The van der Waals surface area contributed by atoms with Crippen LogP contribution in [0.1, 0.15) is 23.3 Å². The SMILES string of the molecule is Cn1cc(N)cc1C(=O)N1CCOCC1C(=O)NC1CC1. The molecule has 7 nitrogen and oxygen atoms in total. The molecule has 2 aliphatic rings. The van der Waals surface area contributed by atoms with Crippen molar-refractivity contribution in [2.45, 2.75) is 24.9 Å². The Bertz CT molecular complexity index is 565. The highest BCUT2D eigenvalue weighted by Gasteiger charge is 2.36. The highest BCUT2D eigenvalue weighted by Crippen LogP contribution is 2.21. The van der Waals surface area contributed by atoms with Crippen molar-refractivity contribution in [2.75, 3.05) is 25.5 Å². The molecule has 3 rings (SSSR count). The number of anilines is 1. The third kappa shape index (κ3) is 2.87. The van der Waals surface area contributed by atoms with Crippen molar-refractivity contribution in [2.24, 2.45) is 7.05 Å². The van der Waals surface area contributed by atoms with E-state index < -0.39 is 6.04 Å². The average molecular weight is 292 g/mol. The van der Waals surface area contributed by atoms with E-state index in [1.165, 1.54) is 0 Å². The van der Waals surface area contributed by atoms with E-state index >= 15 is 0 Å². The molecule has 1 aliphatic carbocycles. The highest BCUT2D eigenvalue weighted by atomic mass is 16.5. The molecule has 1 aromatic heterocycles. The predicted molar refractivity (Wildman–Crippen MR) is 76.6 cm³/mol. The van der Waals surface area contributed by atoms with Gasteiger partial charge in [0.2, 0.25) is 5.91 Å². The van der Waals surface area contributed by atoms with E-state index in [-0.39, 0.29) is 24.5 Å². The van der Waals surface area contributed by atoms with Crippen molar-refractivity contribution in [3.63, 3.8) is 0 Å². The summed E-state index contributed by atoms with van der Waals surface area (Å²) in [7, 11) is 1.77. The second-order valence-corrected chi connectivity index (χ2v) is 5.64. The van der Waals surface area contributed by atoms with Crippen LogP contribution in [0, 0.1) is 0 Å². The Morgan fingerprint density at radius 2 is 2.19 bits per heavy atom. The lowest BCUT2D eigenvalue weighted by atomic mass is 10.2. The summed E-state index contributed by atoms with van der Waals surface area (Å²) in [6, 6.07) is 1.33. The maximum absolute atomic E-state index is 12.7. The van der Waals surface area contributed by atoms with E-state index in [0.29, 0.717) is 24.5 Å². The number of nitrogens with one attached hydrogen (secondary N) is 1. The molecule has 0 bridgehead atoms. The third-order valence-corrected chi connectivity index (χ3v) is 3.86. The van der Waals surface area contributed by atoms with Crippen LogP contribution < -0.4 is 11.1 Å². The van der Waals surface area contributed by atoms with Crippen LogP contribution in [0.5, 0.6) is 0 Å². The zero-order chi connectivity index (χ0) is 15.0. The minimum atomic E-state index is -0.567. The van der Waals surface area contributed by atoms with Crippen molar-refractivity contribution < 1.29 is 14.3 Å². The molecule has 1 aliphatic heterocycles. The number of hydrogen-bond donors (Lipinski definition) is 2. The van der Waals surface area contributed by atoms with Gasteiger partial charge < -0.3 is 25.3 Å². The first kappa shape index (κ1) is 13.9. The normalized spacial score (nSPS) is 22.1. The van der Waals surface area contributed by atoms with Crippen LogP contribution in [-0.2, 0) is 16.6 Å². The van der Waals surface area contributed by atoms with Gasteiger partial charge in [-0.25, -0.2) is 0 Å². The Kier molecular flexibility index (Phi) is 3.59. The number of aryl methyl sites for hydroxylation is 1. The maximum atomic E-state index is 12.7. The minimum absolute atomic E-state index is 0.132. The van der Waals surface area contributed by atoms with E-state index in [9.17, 15) is 9.59 Å². The second-order valence-electron chi connectivity index (χ2n) is 5.64. The molecule has 21 heavy (non-hydrogen) atoms. The number of carbonyl (C=O) groups is 2. The van der Waals surface area contributed by atoms with Crippen molar-refractivity contribution in [3.8, 4) is 0 Å². The van der Waals surface area contributed by atoms with Gasteiger partial charge >= 0.3 is 0 Å². The molecular formula is C14H20N4O3. The van der Waals surface area contributed by atoms with Gasteiger partial charge in [0.25, 0.3) is 5.91 Å². The molecule has 114 valence electrons. The molecule has 1 unspecified atom stereocenters. The smallest absolute Gasteiger partial charge is 0.271 e. The topological polar surface area (TPSA) is 89.6 Å². The molecule has 1 atom stereocenters. The fourth-order valence-electron chi connectivity index (χ4n) is 2.54. The minimum Gasteiger partial charge on any atom is -0.397 e. The van der Waals surface area contributed by atoms with Gasteiger partial charge in [0.1, 0.15) is 11.7 Å². The molecule has 2 amide bonds. The van der Waals surface area contributed by atoms with Crippen LogP contribution in [0.4, 0.5) is 5.69 Å². The van der Waals surface area contributed by atoms with Crippen LogP contribution in [0.3, 0.4) is 0 Å². The fourth-order valence-corrected chi connectivity index (χ4v) is 2.54. The average Bonchev–Trinajstić information content (AvgIpc) is 3.21. The van der Waals surface area contributed by atoms with Crippen LogP contribution in [0.25, 0.3) is 0 Å². The summed E-state index contributed by atoms with van der Waals surface area (Å²) >= 11 is 0. The summed E-state index contributed by atoms with van der Waals surface area (Å²) in [5.74, 6) is -0.318. The second kappa shape index (κ2) is 5.40. The summed E-state index contributed by atoms with van der Waals surface area (Å²) in [4.78, 5) is 26.5. The lowest BCUT2D eigenvalue weighted by molar-refractivity contribution is -0.130. The summed E-state index contributed by atoms with van der Waals surface area (Å²) < 4.78 is 7.05. The van der Waals surface area contributed by atoms with E-state index in [1.807, 2.05) is 0 Å². The predicted octanol–water partition coefficient (Wildman–Crippen LogP) is -0.273. The van der Waals surface area contributed by atoms with Gasteiger partial charge in [-0.05, 0) is 18.9 Å². The monoisotopic (exact) mass is 292 g/mol. The van der Waals surface area contributed by atoms with E-state index in [4.69, 9.17) is 10.5 Å². The fraction of sp³-hybridized carbons (Fsp3) is 0.571. The van der Waals surface area contributed by atoms with Crippen LogP contribution in [-0.4, -0.2) is 53.1 Å². The Hall–Kier alpha value is -2.02. The lowest BCUT2D eigenvalue weighted by Crippen LogP contribution is -2.56. The zero-order valence-corrected chi connectivity index (χ0v) is 12.0. The number of hydrogen-bond acceptors (Lipinski definition) is 4. The van der Waals surface area contributed by atoms with E-state index in [2.05, 4.69) is 5.32 Å². The first-order chi connectivity index (χ1) is 10.1. The van der Waals surface area contributed by atoms with Crippen LogP contribution in [0.15, 0.2) is 12.3 Å². The molecule has 1 aromatic rings. The number of nitrogens with zero attached hydrogens (tertiary/aromatic N) is 2. The highest BCUT2D eigenvalue weighted by molar-refractivity contribution is 5.97. The van der Waals surface area contributed by atoms with Gasteiger partial charge in [-0.2, -0.15) is 0 Å². The Morgan fingerprint density at radius 1 is 1.43 bits per heavy atom. The Balaban J connectivity index is 1.78. The number of nitrogen functional groups attached to an aromatic ring is 1. The third-order valence-electron chi connectivity index (χ3n) is 3.86. The lowest BCUT2D eigenvalue weighted by Gasteiger charge is -2.34. The molecular weight excluding hydrogens is 272 g/mol. The summed E-state index contributed by atoms with van der Waals surface area (Å²) in [5.41, 5.74) is 6.74. The maximum Gasteiger partial charge on any atom is 0.271 e. The van der Waals surface area contributed by atoms with Crippen LogP contribution in [0.2, 0.25) is 0 Å². The number of carbonyl (C=O) groups excluding carboxylic acids is 2. The van der Waals surface area contributed by atoms with Gasteiger partial charge in [0.15, 0.2) is 0 Å². The quantitative estimate of drug-likeness (QED) is 0.802. The molecule has 3 N–H and O–H groups in total. The number of amides is 2. The van der Waals surface area contributed by atoms with Crippen LogP contribution >= 0.6 is 0 Å². The number of ether oxygens (including phenoxy) is 1. The van der Waals surface area contributed by atoms with Gasteiger partial charge in [-0.15, -0.1) is 0 Å². The summed E-state index contributed by atoms with van der Waals surface area (Å²) in [5, 5.41) is 2.94. The van der Waals surface area contributed by atoms with Crippen molar-refractivity contribution >= 4 is 17.5 Å². The van der Waals surface area contributed by atoms with Gasteiger partial charge in [-0.1, -0.05) is 0 Å². The van der Waals surface area contributed by atoms with Gasteiger partial charge in [0.05, 0.1) is 18.9 Å². The first-order valence-corrected chi connectivity index (χ1v) is 7.17. The Labute approximate surface area is 123 Å². The molecule has 0 aromatic carbocycles. The number of rotatable bonds is 3. The molecule has 0 spiro atoms. The Morgan fingerprint density at radius 3 is 2.81 bits per heavy atom. The van der Waals surface area contributed by atoms with Gasteiger partial charge in [-0.3, -0.25) is 9.59 Å². The summed E-state index contributed by atoms with van der Waals surface area (Å²) in [6.07, 6.45) is 3.72. The first-order valence-electron chi connectivity index (χ1n) is 7.17. The van der Waals surface area contributed by atoms with Crippen molar-refractivity contribution in [1.29, 1.82) is 0 Å². The van der Waals surface area contributed by atoms with Crippen molar-refractivity contribution in [3.05, 3.63) is 18.0 Å². The number of nitrogens with two attached hydrogens (primary N) is 1. The molecule has 1 saturated carbocycles. The largest absolute Gasteiger partial charge is 0.397 e. The molecule has 2 fully saturated rings. The van der Waals surface area contributed by atoms with Gasteiger partial charge in [0, 0.05) is 25.8 Å². The standard InChI is InChI=1S/C14H20N4O3/c1-17-7-9(15)6-11(17)14(20)18-4-5-21-8-12(18)13(19)16-10-2-3-10/h6-7,10,12H,2-5,8,15H2,1H3,(H,16,19). The van der Waals surface area contributed by atoms with E-state index in [1.54, 1.807) is 28.8 Å². The number of aromatic nitrogens is 1. The van der Waals surface area contributed by atoms with E-state index in [0.717, 1.165) is 12.8 Å². The molecule has 7 heteroatoms. The molecule has 2 heterocycles. The number of morpholine rings is 1. The molecule has 1 saturated heterocycles. The van der Waals surface area contributed by atoms with Crippen molar-refractivity contribution in [1.82, 2.24) is 14.8 Å².